The van der Waals surface area contributed by atoms with Gasteiger partial charge in [-0.25, -0.2) is 4.99 Å². The summed E-state index contributed by atoms with van der Waals surface area (Å²) in [6.45, 7) is 4.09. The Balaban J connectivity index is 2.10. The molecule has 2 heterocycles. The molecule has 1 aliphatic rings. The number of benzene rings is 1. The number of fused-ring (bicyclic) bond motifs is 1. The summed E-state index contributed by atoms with van der Waals surface area (Å²) in [5, 5.41) is 0. The summed E-state index contributed by atoms with van der Waals surface area (Å²) in [5.74, 6) is 1.04. The maximum absolute atomic E-state index is 4.58. The van der Waals surface area contributed by atoms with Gasteiger partial charge in [0, 0.05) is 17.6 Å². The lowest BCUT2D eigenvalue weighted by molar-refractivity contribution is 0.575. The third kappa shape index (κ3) is 1.95. The fourth-order valence-corrected chi connectivity index (χ4v) is 2.39. The first-order valence-electron chi connectivity index (χ1n) is 5.68. The molecule has 3 rings (SSSR count). The molecule has 0 atom stereocenters. The van der Waals surface area contributed by atoms with Crippen LogP contribution in [-0.4, -0.2) is 14.3 Å². The van der Waals surface area contributed by atoms with Crippen molar-refractivity contribution in [1.82, 2.24) is 14.3 Å². The Kier molecular flexibility index (Phi) is 2.63. The quantitative estimate of drug-likeness (QED) is 0.795. The SMILES string of the molecule is Cc1nc(=Nc2ccc(Br)cc2)n2n1CCC2. The largest absolute Gasteiger partial charge is 0.269 e. The van der Waals surface area contributed by atoms with Gasteiger partial charge in [0.1, 0.15) is 5.82 Å². The second-order valence-corrected chi connectivity index (χ2v) is 5.06. The molecule has 0 spiro atoms. The highest BCUT2D eigenvalue weighted by molar-refractivity contribution is 9.10. The van der Waals surface area contributed by atoms with E-state index in [1.807, 2.05) is 31.2 Å². The fourth-order valence-electron chi connectivity index (χ4n) is 2.13. The Hall–Kier alpha value is -1.36. The van der Waals surface area contributed by atoms with Gasteiger partial charge in [-0.15, -0.1) is 0 Å². The minimum atomic E-state index is 0.808. The molecule has 0 aliphatic carbocycles. The van der Waals surface area contributed by atoms with E-state index in [4.69, 9.17) is 0 Å². The van der Waals surface area contributed by atoms with Crippen LogP contribution in [0, 0.1) is 6.92 Å². The molecule has 0 bridgehead atoms. The smallest absolute Gasteiger partial charge is 0.246 e. The highest BCUT2D eigenvalue weighted by atomic mass is 79.9. The molecule has 1 aliphatic heterocycles. The molecule has 4 nitrogen and oxygen atoms in total. The van der Waals surface area contributed by atoms with Crippen LogP contribution in [0.1, 0.15) is 12.2 Å². The predicted molar refractivity (Wildman–Crippen MR) is 68.9 cm³/mol. The van der Waals surface area contributed by atoms with E-state index in [0.717, 1.165) is 34.7 Å². The van der Waals surface area contributed by atoms with Crippen LogP contribution in [0.3, 0.4) is 0 Å². The summed E-state index contributed by atoms with van der Waals surface area (Å²) in [4.78, 5) is 9.08. The maximum Gasteiger partial charge on any atom is 0.246 e. The van der Waals surface area contributed by atoms with Gasteiger partial charge in [0.2, 0.25) is 5.62 Å². The van der Waals surface area contributed by atoms with Crippen LogP contribution in [-0.2, 0) is 13.1 Å². The first-order valence-corrected chi connectivity index (χ1v) is 6.48. The van der Waals surface area contributed by atoms with Crippen LogP contribution in [0.5, 0.6) is 0 Å². The highest BCUT2D eigenvalue weighted by Gasteiger charge is 2.13. The zero-order valence-electron chi connectivity index (χ0n) is 9.60. The molecule has 1 aromatic carbocycles. The number of nitrogens with zero attached hydrogens (tertiary/aromatic N) is 4. The van der Waals surface area contributed by atoms with Gasteiger partial charge in [0.25, 0.3) is 0 Å². The minimum absolute atomic E-state index is 0.808. The Morgan fingerprint density at radius 3 is 2.65 bits per heavy atom. The Bertz CT molecular complexity index is 606. The third-order valence-corrected chi connectivity index (χ3v) is 3.48. The van der Waals surface area contributed by atoms with E-state index in [0.29, 0.717) is 0 Å². The van der Waals surface area contributed by atoms with Crippen molar-refractivity contribution >= 4 is 21.6 Å². The monoisotopic (exact) mass is 292 g/mol. The molecule has 0 saturated heterocycles. The molecule has 0 radical (unpaired) electrons. The average molecular weight is 293 g/mol. The molecule has 0 unspecified atom stereocenters. The van der Waals surface area contributed by atoms with Crippen molar-refractivity contribution in [2.45, 2.75) is 26.4 Å². The molecule has 0 saturated carbocycles. The van der Waals surface area contributed by atoms with E-state index in [-0.39, 0.29) is 0 Å². The Labute approximate surface area is 108 Å². The number of aromatic nitrogens is 3. The van der Waals surface area contributed by atoms with Gasteiger partial charge < -0.3 is 0 Å². The Morgan fingerprint density at radius 1 is 1.18 bits per heavy atom. The van der Waals surface area contributed by atoms with Crippen LogP contribution >= 0.6 is 15.9 Å². The van der Waals surface area contributed by atoms with E-state index >= 15 is 0 Å². The molecule has 17 heavy (non-hydrogen) atoms. The normalized spacial score (nSPS) is 15.3. The van der Waals surface area contributed by atoms with E-state index in [2.05, 4.69) is 35.3 Å². The van der Waals surface area contributed by atoms with Gasteiger partial charge in [-0.2, -0.15) is 4.98 Å². The van der Waals surface area contributed by atoms with Crippen LogP contribution in [0.4, 0.5) is 5.69 Å². The van der Waals surface area contributed by atoms with Gasteiger partial charge in [-0.1, -0.05) is 15.9 Å². The van der Waals surface area contributed by atoms with Crippen molar-refractivity contribution in [2.24, 2.45) is 4.99 Å². The van der Waals surface area contributed by atoms with Crippen LogP contribution in [0.2, 0.25) is 0 Å². The van der Waals surface area contributed by atoms with Crippen molar-refractivity contribution < 1.29 is 0 Å². The van der Waals surface area contributed by atoms with Crippen molar-refractivity contribution in [3.8, 4) is 0 Å². The first-order chi connectivity index (χ1) is 8.24. The second kappa shape index (κ2) is 4.14. The molecule has 5 heteroatoms. The van der Waals surface area contributed by atoms with E-state index in [1.54, 1.807) is 0 Å². The van der Waals surface area contributed by atoms with Crippen molar-refractivity contribution in [3.63, 3.8) is 0 Å². The molecule has 0 N–H and O–H groups in total. The van der Waals surface area contributed by atoms with Crippen molar-refractivity contribution in [2.75, 3.05) is 0 Å². The number of hydrogen-bond donors (Lipinski definition) is 0. The molecule has 1 aromatic heterocycles. The first kappa shape index (κ1) is 10.8. The number of rotatable bonds is 1. The topological polar surface area (TPSA) is 35.1 Å². The maximum atomic E-state index is 4.58. The molecule has 0 fully saturated rings. The number of halogens is 1. The van der Waals surface area contributed by atoms with Gasteiger partial charge in [0.15, 0.2) is 0 Å². The Morgan fingerprint density at radius 2 is 1.88 bits per heavy atom. The minimum Gasteiger partial charge on any atom is -0.269 e. The summed E-state index contributed by atoms with van der Waals surface area (Å²) in [7, 11) is 0. The molecule has 0 amide bonds. The van der Waals surface area contributed by atoms with Gasteiger partial charge in [-0.05, 0) is 37.6 Å². The molecule has 2 aromatic rings. The zero-order valence-corrected chi connectivity index (χ0v) is 11.2. The lowest BCUT2D eigenvalue weighted by Crippen LogP contribution is -2.19. The van der Waals surface area contributed by atoms with Crippen molar-refractivity contribution in [3.05, 3.63) is 40.2 Å². The molecule has 88 valence electrons. The number of aryl methyl sites for hydroxylation is 1. The summed E-state index contributed by atoms with van der Waals surface area (Å²) < 4.78 is 5.41. The van der Waals surface area contributed by atoms with E-state index in [1.165, 1.54) is 6.42 Å². The van der Waals surface area contributed by atoms with Crippen molar-refractivity contribution in [1.29, 1.82) is 0 Å². The van der Waals surface area contributed by atoms with Crippen LogP contribution < -0.4 is 5.62 Å². The summed E-state index contributed by atoms with van der Waals surface area (Å²) in [5.41, 5.74) is 1.75. The molecular formula is C12H13BrN4. The molecular weight excluding hydrogens is 280 g/mol. The standard InChI is InChI=1S/C12H13BrN4/c1-9-14-12(17-8-2-7-16(9)17)15-11-5-3-10(13)4-6-11/h3-6H,2,7-8H2,1H3. The van der Waals surface area contributed by atoms with Crippen LogP contribution in [0.15, 0.2) is 33.7 Å². The van der Waals surface area contributed by atoms with Gasteiger partial charge >= 0.3 is 0 Å². The average Bonchev–Trinajstić information content (AvgIpc) is 2.88. The lowest BCUT2D eigenvalue weighted by Gasteiger charge is -1.98. The zero-order chi connectivity index (χ0) is 11.8. The van der Waals surface area contributed by atoms with Gasteiger partial charge in [-0.3, -0.25) is 9.36 Å². The predicted octanol–water partition coefficient (Wildman–Crippen LogP) is 2.39. The summed E-state index contributed by atoms with van der Waals surface area (Å²) >= 11 is 3.42. The third-order valence-electron chi connectivity index (χ3n) is 2.95. The fraction of sp³-hybridized carbons (Fsp3) is 0.333. The van der Waals surface area contributed by atoms with Crippen LogP contribution in [0.25, 0.3) is 0 Å². The summed E-state index contributed by atoms with van der Waals surface area (Å²) in [6, 6.07) is 7.96. The van der Waals surface area contributed by atoms with E-state index < -0.39 is 0 Å². The van der Waals surface area contributed by atoms with E-state index in [9.17, 15) is 0 Å². The highest BCUT2D eigenvalue weighted by Crippen LogP contribution is 2.16. The summed E-state index contributed by atoms with van der Waals surface area (Å²) in [6.07, 6.45) is 1.17. The number of hydrogen-bond acceptors (Lipinski definition) is 2. The van der Waals surface area contributed by atoms with Gasteiger partial charge in [0.05, 0.1) is 5.69 Å². The lowest BCUT2D eigenvalue weighted by atomic mass is 10.3. The second-order valence-electron chi connectivity index (χ2n) is 4.15.